The Balaban J connectivity index is 2.16. The minimum Gasteiger partial charge on any atom is -0.497 e. The number of ether oxygens (including phenoxy) is 2. The smallest absolute Gasteiger partial charge is 0.264 e. The minimum atomic E-state index is -4.31. The Morgan fingerprint density at radius 1 is 0.929 bits per heavy atom. The summed E-state index contributed by atoms with van der Waals surface area (Å²) in [5.41, 5.74) is -0.0868. The molecule has 0 saturated heterocycles. The molecule has 0 radical (unpaired) electrons. The summed E-state index contributed by atoms with van der Waals surface area (Å²) in [5, 5.41) is 3.47. The highest BCUT2D eigenvalue weighted by Crippen LogP contribution is 2.36. The summed E-state index contributed by atoms with van der Waals surface area (Å²) in [6.45, 7) is 6.19. The molecule has 0 heterocycles. The normalized spacial score (nSPS) is 12.3. The molecule has 1 N–H and O–H groups in total. The average molecular weight is 637 g/mol. The fourth-order valence-corrected chi connectivity index (χ4v) is 6.09. The molecule has 9 nitrogen and oxygen atoms in total. The maximum absolute atomic E-state index is 14.2. The summed E-state index contributed by atoms with van der Waals surface area (Å²) >= 11 is 12.9. The molecule has 3 aromatic rings. The molecule has 0 saturated carbocycles. The summed E-state index contributed by atoms with van der Waals surface area (Å²) in [7, 11) is -1.47. The van der Waals surface area contributed by atoms with Gasteiger partial charge in [-0.15, -0.1) is 0 Å². The van der Waals surface area contributed by atoms with Crippen molar-refractivity contribution in [3.8, 4) is 11.5 Å². The second kappa shape index (κ2) is 13.7. The van der Waals surface area contributed by atoms with Gasteiger partial charge in [-0.25, -0.2) is 8.42 Å². The van der Waals surface area contributed by atoms with Crippen molar-refractivity contribution in [3.63, 3.8) is 0 Å². The van der Waals surface area contributed by atoms with Crippen LogP contribution >= 0.6 is 23.2 Å². The van der Waals surface area contributed by atoms with Crippen molar-refractivity contribution in [2.45, 2.75) is 50.7 Å². The van der Waals surface area contributed by atoms with Gasteiger partial charge in [0, 0.05) is 33.8 Å². The largest absolute Gasteiger partial charge is 0.497 e. The number of hydrogen-bond donors (Lipinski definition) is 1. The van der Waals surface area contributed by atoms with Crippen molar-refractivity contribution in [1.29, 1.82) is 0 Å². The highest BCUT2D eigenvalue weighted by atomic mass is 35.5. The van der Waals surface area contributed by atoms with E-state index in [4.69, 9.17) is 32.7 Å². The molecule has 42 heavy (non-hydrogen) atoms. The summed E-state index contributed by atoms with van der Waals surface area (Å²) in [6.07, 6.45) is 0. The Morgan fingerprint density at radius 3 is 2.10 bits per heavy atom. The van der Waals surface area contributed by atoms with Gasteiger partial charge in [0.15, 0.2) is 0 Å². The number of carbonyl (C=O) groups is 2. The van der Waals surface area contributed by atoms with Crippen molar-refractivity contribution in [2.24, 2.45) is 0 Å². The molecule has 0 fully saturated rings. The Hall–Kier alpha value is -3.47. The molecule has 226 valence electrons. The number of hydrogen-bond acceptors (Lipinski definition) is 6. The van der Waals surface area contributed by atoms with Gasteiger partial charge in [-0.05, 0) is 64.1 Å². The van der Waals surface area contributed by atoms with E-state index in [1.807, 2.05) is 20.8 Å². The van der Waals surface area contributed by atoms with Gasteiger partial charge in [-0.3, -0.25) is 13.9 Å². The maximum Gasteiger partial charge on any atom is 0.264 e. The number of amides is 2. The summed E-state index contributed by atoms with van der Waals surface area (Å²) in [6, 6.07) is 16.2. The number of methoxy groups -OCH3 is 2. The number of nitrogens with zero attached hydrogens (tertiary/aromatic N) is 2. The van der Waals surface area contributed by atoms with Crippen LogP contribution in [0.5, 0.6) is 11.5 Å². The van der Waals surface area contributed by atoms with Crippen LogP contribution in [0.2, 0.25) is 10.0 Å². The van der Waals surface area contributed by atoms with Gasteiger partial charge in [-0.2, -0.15) is 0 Å². The van der Waals surface area contributed by atoms with Crippen LogP contribution < -0.4 is 19.1 Å². The molecule has 3 aromatic carbocycles. The summed E-state index contributed by atoms with van der Waals surface area (Å²) in [4.78, 5) is 28.7. The highest BCUT2D eigenvalue weighted by Gasteiger charge is 2.35. The Bertz CT molecular complexity index is 1510. The number of carbonyl (C=O) groups excluding carboxylic acids is 2. The number of rotatable bonds is 11. The third-order valence-corrected chi connectivity index (χ3v) is 8.80. The molecule has 0 aliphatic heterocycles. The molecule has 0 aromatic heterocycles. The van der Waals surface area contributed by atoms with Gasteiger partial charge in [0.2, 0.25) is 11.8 Å². The van der Waals surface area contributed by atoms with E-state index in [0.717, 1.165) is 4.31 Å². The first-order valence-corrected chi connectivity index (χ1v) is 15.2. The molecular formula is C30H35Cl2N3O6S. The van der Waals surface area contributed by atoms with Crippen LogP contribution in [0.3, 0.4) is 0 Å². The van der Waals surface area contributed by atoms with Crippen LogP contribution in [-0.2, 0) is 26.2 Å². The monoisotopic (exact) mass is 635 g/mol. The molecule has 3 rings (SSSR count). The fraction of sp³-hybridized carbons (Fsp3) is 0.333. The zero-order valence-electron chi connectivity index (χ0n) is 24.4. The third kappa shape index (κ3) is 7.87. The van der Waals surface area contributed by atoms with E-state index >= 15 is 0 Å². The van der Waals surface area contributed by atoms with Crippen molar-refractivity contribution in [1.82, 2.24) is 10.2 Å². The van der Waals surface area contributed by atoms with E-state index in [9.17, 15) is 18.0 Å². The predicted molar refractivity (Wildman–Crippen MR) is 165 cm³/mol. The maximum atomic E-state index is 14.2. The first-order valence-electron chi connectivity index (χ1n) is 13.0. The highest BCUT2D eigenvalue weighted by molar-refractivity contribution is 7.92. The molecular weight excluding hydrogens is 601 g/mol. The molecule has 0 unspecified atom stereocenters. The molecule has 0 aliphatic rings. The first-order chi connectivity index (χ1) is 19.7. The number of benzene rings is 3. The Kier molecular flexibility index (Phi) is 10.8. The van der Waals surface area contributed by atoms with Crippen molar-refractivity contribution >= 4 is 50.7 Å². The van der Waals surface area contributed by atoms with Crippen LogP contribution in [0.4, 0.5) is 5.69 Å². The second-order valence-corrected chi connectivity index (χ2v) is 13.2. The predicted octanol–water partition coefficient (Wildman–Crippen LogP) is 5.54. The Morgan fingerprint density at radius 2 is 1.55 bits per heavy atom. The van der Waals surface area contributed by atoms with E-state index in [1.54, 1.807) is 55.5 Å². The van der Waals surface area contributed by atoms with Gasteiger partial charge < -0.3 is 19.7 Å². The van der Waals surface area contributed by atoms with E-state index in [2.05, 4.69) is 5.32 Å². The lowest BCUT2D eigenvalue weighted by Crippen LogP contribution is -2.54. The number of nitrogens with one attached hydrogen (secondary N) is 1. The SMILES string of the molecule is COc1ccc(OC)c(N(CC(=O)N(Cc2c(Cl)cccc2Cl)[C@H](C)C(=O)NC(C)(C)C)S(=O)(=O)c2ccccc2)c1. The van der Waals surface area contributed by atoms with E-state index in [-0.39, 0.29) is 22.9 Å². The lowest BCUT2D eigenvalue weighted by molar-refractivity contribution is -0.140. The number of halogens is 2. The van der Waals surface area contributed by atoms with Gasteiger partial charge in [0.25, 0.3) is 10.0 Å². The number of sulfonamides is 1. The molecule has 2 amide bonds. The van der Waals surface area contributed by atoms with Gasteiger partial charge in [0.1, 0.15) is 24.1 Å². The fourth-order valence-electron chi connectivity index (χ4n) is 4.14. The van der Waals surface area contributed by atoms with E-state index in [0.29, 0.717) is 21.4 Å². The second-order valence-electron chi connectivity index (χ2n) is 10.5. The quantitative estimate of drug-likeness (QED) is 0.297. The van der Waals surface area contributed by atoms with Crippen LogP contribution in [0.1, 0.15) is 33.3 Å². The van der Waals surface area contributed by atoms with Crippen LogP contribution in [0.15, 0.2) is 71.6 Å². The van der Waals surface area contributed by atoms with Crippen molar-refractivity contribution < 1.29 is 27.5 Å². The lowest BCUT2D eigenvalue weighted by atomic mass is 10.1. The van der Waals surface area contributed by atoms with Gasteiger partial charge in [-0.1, -0.05) is 47.5 Å². The van der Waals surface area contributed by atoms with Crippen LogP contribution in [-0.4, -0.2) is 57.5 Å². The minimum absolute atomic E-state index is 0.0399. The zero-order valence-corrected chi connectivity index (χ0v) is 26.7. The molecule has 0 spiro atoms. The molecule has 1 atom stereocenters. The topological polar surface area (TPSA) is 105 Å². The summed E-state index contributed by atoms with van der Waals surface area (Å²) < 4.78 is 39.9. The van der Waals surface area contributed by atoms with Crippen molar-refractivity contribution in [3.05, 3.63) is 82.3 Å². The zero-order chi connectivity index (χ0) is 31.2. The van der Waals surface area contributed by atoms with Gasteiger partial charge >= 0.3 is 0 Å². The average Bonchev–Trinajstić information content (AvgIpc) is 2.94. The molecule has 12 heteroatoms. The van der Waals surface area contributed by atoms with Crippen LogP contribution in [0.25, 0.3) is 0 Å². The summed E-state index contributed by atoms with van der Waals surface area (Å²) in [5.74, 6) is -0.561. The first kappa shape index (κ1) is 33.0. The third-order valence-electron chi connectivity index (χ3n) is 6.32. The number of anilines is 1. The standard InChI is InChI=1S/C30H35Cl2N3O6S/c1-20(29(37)33-30(2,3)4)34(18-23-24(31)13-10-14-25(23)32)28(36)19-35(42(38,39)22-11-8-7-9-12-22)26-17-21(40-5)15-16-27(26)41-6/h7-17,20H,18-19H2,1-6H3,(H,33,37)/t20-/m1/s1. The van der Waals surface area contributed by atoms with Crippen LogP contribution in [0, 0.1) is 0 Å². The van der Waals surface area contributed by atoms with Crippen molar-refractivity contribution in [2.75, 3.05) is 25.1 Å². The van der Waals surface area contributed by atoms with Gasteiger partial charge in [0.05, 0.1) is 24.8 Å². The molecule has 0 aliphatic carbocycles. The Labute approximate surface area is 257 Å². The molecule has 0 bridgehead atoms. The van der Waals surface area contributed by atoms with E-state index in [1.165, 1.54) is 37.3 Å². The lowest BCUT2D eigenvalue weighted by Gasteiger charge is -2.34. The van der Waals surface area contributed by atoms with E-state index < -0.39 is 40.0 Å².